The minimum Gasteiger partial charge on any atom is -0.252 e. The van der Waals surface area contributed by atoms with E-state index in [2.05, 4.69) is 9.78 Å². The molecule has 4 atom stereocenters. The molecule has 2 N–H and O–H groups in total. The highest BCUT2D eigenvalue weighted by molar-refractivity contribution is 5.16. The van der Waals surface area contributed by atoms with Gasteiger partial charge in [0.15, 0.2) is 0 Å². The van der Waals surface area contributed by atoms with E-state index in [4.69, 9.17) is 10.5 Å². The topological polar surface area (TPSA) is 58.9 Å². The number of fused-ring (bicyclic) bond motifs is 1. The summed E-state index contributed by atoms with van der Waals surface area (Å²) in [6.45, 7) is 1.79. The molecule has 2 fully saturated rings. The Labute approximate surface area is 132 Å². The third kappa shape index (κ3) is 4.78. The van der Waals surface area contributed by atoms with E-state index in [0.29, 0.717) is 5.92 Å². The van der Waals surface area contributed by atoms with Crippen LogP contribution in [-0.4, -0.2) is 16.6 Å². The normalized spacial score (nSPS) is 29.0. The molecule has 2 aliphatic rings. The molecule has 0 amide bonds. The first-order chi connectivity index (χ1) is 10.8. The van der Waals surface area contributed by atoms with E-state index < -0.39 is 0 Å². The van der Waals surface area contributed by atoms with Gasteiger partial charge in [-0.2, -0.15) is 0 Å². The van der Waals surface area contributed by atoms with Gasteiger partial charge in [0.05, 0.1) is 6.10 Å². The molecule has 1 aromatic rings. The molecule has 0 heterocycles. The first-order valence-electron chi connectivity index (χ1n) is 8.41. The lowest BCUT2D eigenvalue weighted by atomic mass is 9.69. The van der Waals surface area contributed by atoms with E-state index in [1.807, 2.05) is 30.3 Å². The zero-order valence-electron chi connectivity index (χ0n) is 13.4. The first kappa shape index (κ1) is 17.4. The summed E-state index contributed by atoms with van der Waals surface area (Å²) >= 11 is 0. The summed E-state index contributed by atoms with van der Waals surface area (Å²) < 4.78 is 0. The highest BCUT2D eigenvalue weighted by atomic mass is 17.1. The summed E-state index contributed by atoms with van der Waals surface area (Å²) in [4.78, 5) is 8.70. The van der Waals surface area contributed by atoms with Gasteiger partial charge < -0.3 is 0 Å². The molecule has 124 valence electrons. The van der Waals surface area contributed by atoms with E-state index in [9.17, 15) is 0 Å². The van der Waals surface area contributed by atoms with E-state index in [-0.39, 0.29) is 12.2 Å². The van der Waals surface area contributed by atoms with E-state index in [0.717, 1.165) is 17.9 Å². The second kappa shape index (κ2) is 9.26. The van der Waals surface area contributed by atoms with Crippen LogP contribution in [0.2, 0.25) is 0 Å². The van der Waals surface area contributed by atoms with Crippen LogP contribution in [0.4, 0.5) is 0 Å². The van der Waals surface area contributed by atoms with Crippen LogP contribution < -0.4 is 0 Å². The summed E-state index contributed by atoms with van der Waals surface area (Å²) in [5.74, 6) is 1.52. The quantitative estimate of drug-likeness (QED) is 0.604. The minimum absolute atomic E-state index is 0.157. The molecule has 3 rings (SSSR count). The molecule has 2 saturated carbocycles. The molecule has 4 nitrogen and oxygen atoms in total. The van der Waals surface area contributed by atoms with Crippen LogP contribution in [0.3, 0.4) is 0 Å². The summed E-state index contributed by atoms with van der Waals surface area (Å²) in [5, 5.41) is 17.0. The Morgan fingerprint density at radius 3 is 2.32 bits per heavy atom. The van der Waals surface area contributed by atoms with Gasteiger partial charge in [-0.1, -0.05) is 56.0 Å². The lowest BCUT2D eigenvalue weighted by molar-refractivity contribution is -0.301. The first-order valence-corrected chi connectivity index (χ1v) is 8.41. The second-order valence-electron chi connectivity index (χ2n) is 6.44. The van der Waals surface area contributed by atoms with Gasteiger partial charge in [-0.15, -0.1) is 0 Å². The SMILES string of the molecule is CC(OO)c1ccccc1.OOC1CCC[C@H]2CCCC[C@H]12. The number of rotatable bonds is 3. The highest BCUT2D eigenvalue weighted by Crippen LogP contribution is 2.41. The Balaban J connectivity index is 0.000000164. The van der Waals surface area contributed by atoms with Gasteiger partial charge >= 0.3 is 0 Å². The number of hydrogen-bond donors (Lipinski definition) is 2. The Bertz CT molecular complexity index is 400. The molecule has 1 aromatic carbocycles. The van der Waals surface area contributed by atoms with Gasteiger partial charge in [-0.3, -0.25) is 10.5 Å². The van der Waals surface area contributed by atoms with E-state index in [1.165, 1.54) is 38.5 Å². The molecule has 2 unspecified atom stereocenters. The molecular formula is C18H28O4. The van der Waals surface area contributed by atoms with Crippen LogP contribution in [0.15, 0.2) is 30.3 Å². The predicted octanol–water partition coefficient (Wildman–Crippen LogP) is 5.07. The summed E-state index contributed by atoms with van der Waals surface area (Å²) in [6.07, 6.45) is 8.96. The maximum atomic E-state index is 8.73. The maximum absolute atomic E-state index is 8.73. The van der Waals surface area contributed by atoms with Crippen molar-refractivity contribution in [1.82, 2.24) is 0 Å². The van der Waals surface area contributed by atoms with Gasteiger partial charge in [0.2, 0.25) is 0 Å². The lowest BCUT2D eigenvalue weighted by Gasteiger charge is -2.39. The van der Waals surface area contributed by atoms with Crippen LogP contribution in [0.25, 0.3) is 0 Å². The van der Waals surface area contributed by atoms with Gasteiger partial charge in [0, 0.05) is 0 Å². The predicted molar refractivity (Wildman–Crippen MR) is 85.4 cm³/mol. The Morgan fingerprint density at radius 1 is 0.955 bits per heavy atom. The van der Waals surface area contributed by atoms with Crippen LogP contribution in [-0.2, 0) is 9.78 Å². The molecule has 22 heavy (non-hydrogen) atoms. The second-order valence-corrected chi connectivity index (χ2v) is 6.44. The fourth-order valence-corrected chi connectivity index (χ4v) is 3.80. The summed E-state index contributed by atoms with van der Waals surface area (Å²) in [7, 11) is 0. The van der Waals surface area contributed by atoms with Crippen LogP contribution in [0, 0.1) is 11.8 Å². The summed E-state index contributed by atoms with van der Waals surface area (Å²) in [6, 6.07) is 9.55. The van der Waals surface area contributed by atoms with Crippen molar-refractivity contribution < 1.29 is 20.3 Å². The van der Waals surface area contributed by atoms with Gasteiger partial charge in [-0.25, -0.2) is 9.78 Å². The maximum Gasteiger partial charge on any atom is 0.115 e. The van der Waals surface area contributed by atoms with Crippen molar-refractivity contribution in [3.63, 3.8) is 0 Å². The molecule has 0 aromatic heterocycles. The van der Waals surface area contributed by atoms with E-state index >= 15 is 0 Å². The zero-order valence-corrected chi connectivity index (χ0v) is 13.4. The zero-order chi connectivity index (χ0) is 15.8. The largest absolute Gasteiger partial charge is 0.252 e. The monoisotopic (exact) mass is 308 g/mol. The molecule has 0 saturated heterocycles. The third-order valence-corrected chi connectivity index (χ3v) is 5.07. The van der Waals surface area contributed by atoms with Crippen molar-refractivity contribution in [1.29, 1.82) is 0 Å². The van der Waals surface area contributed by atoms with Crippen LogP contribution in [0.5, 0.6) is 0 Å². The molecule has 0 aliphatic heterocycles. The Morgan fingerprint density at radius 2 is 1.64 bits per heavy atom. The fraction of sp³-hybridized carbons (Fsp3) is 0.667. The van der Waals surface area contributed by atoms with E-state index in [1.54, 1.807) is 6.92 Å². The Kier molecular flexibility index (Phi) is 7.33. The van der Waals surface area contributed by atoms with Crippen molar-refractivity contribution in [2.75, 3.05) is 0 Å². The summed E-state index contributed by atoms with van der Waals surface area (Å²) in [5.41, 5.74) is 0.977. The van der Waals surface area contributed by atoms with Crippen molar-refractivity contribution >= 4 is 0 Å². The van der Waals surface area contributed by atoms with Crippen LogP contribution >= 0.6 is 0 Å². The van der Waals surface area contributed by atoms with Gasteiger partial charge in [-0.05, 0) is 43.6 Å². The third-order valence-electron chi connectivity index (χ3n) is 5.07. The molecule has 0 radical (unpaired) electrons. The average Bonchev–Trinajstić information content (AvgIpc) is 2.61. The van der Waals surface area contributed by atoms with Gasteiger partial charge in [0.1, 0.15) is 6.10 Å². The van der Waals surface area contributed by atoms with Gasteiger partial charge in [0.25, 0.3) is 0 Å². The van der Waals surface area contributed by atoms with Crippen molar-refractivity contribution in [3.8, 4) is 0 Å². The molecule has 4 heteroatoms. The van der Waals surface area contributed by atoms with Crippen molar-refractivity contribution in [2.24, 2.45) is 11.8 Å². The molecule has 2 aliphatic carbocycles. The minimum atomic E-state index is -0.235. The number of benzene rings is 1. The van der Waals surface area contributed by atoms with Crippen LogP contribution in [0.1, 0.15) is 63.5 Å². The molecule has 0 spiro atoms. The lowest BCUT2D eigenvalue weighted by Crippen LogP contribution is -2.35. The number of hydrogen-bond acceptors (Lipinski definition) is 4. The average molecular weight is 308 g/mol. The fourth-order valence-electron chi connectivity index (χ4n) is 3.80. The standard InChI is InChI=1S/C10H18O2.C8H10O2/c11-12-10-7-3-5-8-4-1-2-6-9(8)10;1-7(10-9)8-5-3-2-4-6-8/h8-11H,1-7H2;2-7,9H,1H3/t8-,9+,10?;/m1./s1. The molecule has 0 bridgehead atoms. The highest BCUT2D eigenvalue weighted by Gasteiger charge is 2.35. The van der Waals surface area contributed by atoms with Crippen molar-refractivity contribution in [3.05, 3.63) is 35.9 Å². The Hall–Kier alpha value is -0.940. The smallest absolute Gasteiger partial charge is 0.115 e. The molecular weight excluding hydrogens is 280 g/mol. The van der Waals surface area contributed by atoms with Crippen molar-refractivity contribution in [2.45, 2.75) is 64.1 Å².